The summed E-state index contributed by atoms with van der Waals surface area (Å²) in [6.45, 7) is -3.76. The zero-order chi connectivity index (χ0) is 34.1. The summed E-state index contributed by atoms with van der Waals surface area (Å²) in [7, 11) is 2.28. The maximum atomic E-state index is 13.0. The van der Waals surface area contributed by atoms with Crippen LogP contribution in [0, 0.1) is 0 Å². The summed E-state index contributed by atoms with van der Waals surface area (Å²) in [6, 6.07) is 0. The van der Waals surface area contributed by atoms with Gasteiger partial charge in [-0.3, -0.25) is 14.4 Å². The minimum atomic E-state index is -1.45. The highest BCUT2D eigenvalue weighted by Gasteiger charge is 2.26. The molecule has 250 valence electrons. The minimum Gasteiger partial charge on any atom is -0.468 e. The molecular weight excluding hydrogens is 612 g/mol. The lowest BCUT2D eigenvalue weighted by molar-refractivity contribution is -0.160. The van der Waals surface area contributed by atoms with Gasteiger partial charge in [-0.25, -0.2) is 56.2 Å². The number of aliphatic hydroxyl groups excluding tert-OH is 2. The number of esters is 3. The fraction of sp³-hybridized carbons (Fsp3) is 0.625. The van der Waals surface area contributed by atoms with Crippen LogP contribution in [0.4, 0.5) is 0 Å². The first-order chi connectivity index (χ1) is 21.1. The molecule has 0 saturated carbocycles. The van der Waals surface area contributed by atoms with E-state index in [-0.39, 0.29) is 26.9 Å². The van der Waals surface area contributed by atoms with Gasteiger partial charge in [0, 0.05) is 7.11 Å². The van der Waals surface area contributed by atoms with E-state index in [9.17, 15) is 53.4 Å². The van der Waals surface area contributed by atoms with Crippen LogP contribution in [0.15, 0.2) is 28.8 Å². The summed E-state index contributed by atoms with van der Waals surface area (Å²) in [6.07, 6.45) is 0. The van der Waals surface area contributed by atoms with Gasteiger partial charge in [-0.15, -0.1) is 0 Å². The average Bonchev–Trinajstić information content (AvgIpc) is 2.99. The highest BCUT2D eigenvalue weighted by Crippen LogP contribution is 2.07. The maximum absolute atomic E-state index is 13.0. The first kappa shape index (κ1) is 36.3. The number of ether oxygens (including phenoxy) is 4. The van der Waals surface area contributed by atoms with E-state index in [2.05, 4.69) is 4.74 Å². The molecule has 0 aliphatic carbocycles. The molecule has 2 aromatic heterocycles. The third-order valence-corrected chi connectivity index (χ3v) is 6.05. The van der Waals surface area contributed by atoms with E-state index in [4.69, 9.17) is 14.2 Å². The molecule has 45 heavy (non-hydrogen) atoms. The number of hydrogen-bond donors (Lipinski definition) is 2. The number of nitrogens with zero attached hydrogens (tertiary/aromatic N) is 6. The molecule has 0 aromatic carbocycles. The molecule has 2 aromatic rings. The van der Waals surface area contributed by atoms with E-state index in [0.717, 1.165) is 7.11 Å². The van der Waals surface area contributed by atoms with Crippen molar-refractivity contribution in [1.82, 2.24) is 27.4 Å². The summed E-state index contributed by atoms with van der Waals surface area (Å²) in [5.74, 6) is -3.53. The summed E-state index contributed by atoms with van der Waals surface area (Å²) < 4.78 is 21.8. The Bertz CT molecular complexity index is 1770. The van der Waals surface area contributed by atoms with Gasteiger partial charge in [0.1, 0.15) is 31.8 Å². The van der Waals surface area contributed by atoms with Crippen molar-refractivity contribution in [3.05, 3.63) is 62.9 Å². The molecule has 0 bridgehead atoms. The van der Waals surface area contributed by atoms with Crippen molar-refractivity contribution in [2.75, 3.05) is 40.6 Å². The van der Waals surface area contributed by atoms with E-state index in [1.807, 2.05) is 0 Å². The molecule has 0 unspecified atom stereocenters. The van der Waals surface area contributed by atoms with Crippen molar-refractivity contribution in [3.63, 3.8) is 0 Å². The number of carbonyl (C=O) groups is 3. The van der Waals surface area contributed by atoms with Crippen molar-refractivity contribution >= 4 is 17.9 Å². The zero-order valence-corrected chi connectivity index (χ0v) is 25.0. The molecule has 0 aliphatic rings. The molecule has 21 nitrogen and oxygen atoms in total. The fourth-order valence-corrected chi connectivity index (χ4v) is 3.75. The topological polar surface area (TPSA) is 261 Å². The second-order valence-electron chi connectivity index (χ2n) is 9.81. The molecule has 2 heterocycles. The predicted molar refractivity (Wildman–Crippen MR) is 148 cm³/mol. The Labute approximate surface area is 251 Å². The molecule has 2 N–H and O–H groups in total. The van der Waals surface area contributed by atoms with Gasteiger partial charge in [-0.1, -0.05) is 0 Å². The van der Waals surface area contributed by atoms with Gasteiger partial charge < -0.3 is 29.2 Å². The fourth-order valence-electron chi connectivity index (χ4n) is 3.75. The Kier molecular flexibility index (Phi) is 12.7. The normalized spacial score (nSPS) is 11.3. The van der Waals surface area contributed by atoms with Gasteiger partial charge in [-0.2, -0.15) is 0 Å². The quantitative estimate of drug-likeness (QED) is 0.127. The molecule has 0 amide bonds. The smallest absolute Gasteiger partial charge is 0.337 e. The van der Waals surface area contributed by atoms with E-state index in [1.165, 1.54) is 21.0 Å². The molecule has 0 radical (unpaired) electrons. The molecule has 0 atom stereocenters. The lowest BCUT2D eigenvalue weighted by Crippen LogP contribution is -2.57. The van der Waals surface area contributed by atoms with Crippen LogP contribution in [0.3, 0.4) is 0 Å². The van der Waals surface area contributed by atoms with Crippen LogP contribution in [-0.2, 0) is 72.6 Å². The second kappa shape index (κ2) is 15.7. The standard InChI is InChI=1S/C24H34N6O15/c1-24(2,14-32)45-17(35)13-30-22(40)28(11-15(33)43-4)21(39)29(23(30)41)12-16(34)44-10-7-27-19(37)25(5-8-31)18(36)26(20(27)38)6-9-42-3/h31-32H,5-14H2,1-4H3. The lowest BCUT2D eigenvalue weighted by Gasteiger charge is -2.22. The van der Waals surface area contributed by atoms with E-state index in [0.29, 0.717) is 13.7 Å². The Hall–Kier alpha value is -4.89. The third kappa shape index (κ3) is 8.83. The third-order valence-electron chi connectivity index (χ3n) is 6.05. The highest BCUT2D eigenvalue weighted by molar-refractivity contribution is 5.70. The Morgan fingerprint density at radius 1 is 0.600 bits per heavy atom. The van der Waals surface area contributed by atoms with Crippen molar-refractivity contribution < 1.29 is 43.5 Å². The van der Waals surface area contributed by atoms with E-state index < -0.39 is 110 Å². The van der Waals surface area contributed by atoms with Crippen LogP contribution in [0.25, 0.3) is 0 Å². The number of aromatic nitrogens is 6. The summed E-state index contributed by atoms with van der Waals surface area (Å²) in [5.41, 5.74) is -8.83. The van der Waals surface area contributed by atoms with Gasteiger partial charge in [0.15, 0.2) is 0 Å². The monoisotopic (exact) mass is 646 g/mol. The van der Waals surface area contributed by atoms with Gasteiger partial charge >= 0.3 is 52.0 Å². The predicted octanol–water partition coefficient (Wildman–Crippen LogP) is -5.97. The number of methoxy groups -OCH3 is 2. The highest BCUT2D eigenvalue weighted by atomic mass is 16.6. The number of aliphatic hydroxyl groups is 2. The Morgan fingerprint density at radius 2 is 1.00 bits per heavy atom. The summed E-state index contributed by atoms with van der Waals surface area (Å²) in [4.78, 5) is 114. The van der Waals surface area contributed by atoms with Gasteiger partial charge in [0.05, 0.1) is 46.6 Å². The molecule has 0 fully saturated rings. The summed E-state index contributed by atoms with van der Waals surface area (Å²) in [5, 5.41) is 18.5. The van der Waals surface area contributed by atoms with Crippen molar-refractivity contribution in [1.29, 1.82) is 0 Å². The second-order valence-corrected chi connectivity index (χ2v) is 9.81. The largest absolute Gasteiger partial charge is 0.468 e. The van der Waals surface area contributed by atoms with Gasteiger partial charge in [0.25, 0.3) is 0 Å². The Balaban J connectivity index is 2.41. The first-order valence-electron chi connectivity index (χ1n) is 13.2. The maximum Gasteiger partial charge on any atom is 0.337 e. The van der Waals surface area contributed by atoms with E-state index >= 15 is 0 Å². The van der Waals surface area contributed by atoms with Crippen LogP contribution >= 0.6 is 0 Å². The van der Waals surface area contributed by atoms with Gasteiger partial charge in [-0.05, 0) is 13.8 Å². The molecule has 0 saturated heterocycles. The SMILES string of the molecule is COCCn1c(=O)n(CCO)c(=O)n(CCOC(=O)Cn2c(=O)n(CC(=O)OC)c(=O)n(CC(=O)OC(C)(C)CO)c2=O)c1=O. The van der Waals surface area contributed by atoms with Crippen LogP contribution < -0.4 is 34.1 Å². The molecule has 0 aliphatic heterocycles. The number of carbonyl (C=O) groups excluding carboxylic acids is 3. The number of hydrogen-bond acceptors (Lipinski definition) is 15. The van der Waals surface area contributed by atoms with Gasteiger partial charge in [0.2, 0.25) is 0 Å². The molecule has 2 rings (SSSR count). The van der Waals surface area contributed by atoms with Crippen LogP contribution in [0.2, 0.25) is 0 Å². The van der Waals surface area contributed by atoms with Crippen LogP contribution in [-0.4, -0.2) is 102 Å². The van der Waals surface area contributed by atoms with Crippen molar-refractivity contribution in [3.8, 4) is 0 Å². The minimum absolute atomic E-state index is 0.0667. The number of rotatable bonds is 16. The average molecular weight is 647 g/mol. The molecular formula is C24H34N6O15. The van der Waals surface area contributed by atoms with E-state index in [1.54, 1.807) is 0 Å². The first-order valence-corrected chi connectivity index (χ1v) is 13.2. The molecule has 21 heteroatoms. The van der Waals surface area contributed by atoms with Crippen molar-refractivity contribution in [2.45, 2.75) is 58.7 Å². The van der Waals surface area contributed by atoms with Crippen LogP contribution in [0.5, 0.6) is 0 Å². The lowest BCUT2D eigenvalue weighted by atomic mass is 10.1. The van der Waals surface area contributed by atoms with Crippen molar-refractivity contribution in [2.24, 2.45) is 0 Å². The zero-order valence-electron chi connectivity index (χ0n) is 25.0. The van der Waals surface area contributed by atoms with Crippen LogP contribution in [0.1, 0.15) is 13.8 Å². The summed E-state index contributed by atoms with van der Waals surface area (Å²) >= 11 is 0. The molecule has 0 spiro atoms. The Morgan fingerprint density at radius 3 is 1.42 bits per heavy atom.